The van der Waals surface area contributed by atoms with Crippen molar-refractivity contribution in [3.05, 3.63) is 41.6 Å². The molecular weight excluding hydrogens is 222 g/mol. The molecule has 1 N–H and O–H groups in total. The molecule has 0 saturated heterocycles. The molecule has 1 atom stereocenters. The van der Waals surface area contributed by atoms with Crippen molar-refractivity contribution in [3.63, 3.8) is 0 Å². The average Bonchev–Trinajstić information content (AvgIpc) is 2.36. The smallest absolute Gasteiger partial charge is 0.0707 e. The molecule has 1 heterocycles. The zero-order valence-electron chi connectivity index (χ0n) is 11.2. The first-order valence-corrected chi connectivity index (χ1v) is 6.74. The summed E-state index contributed by atoms with van der Waals surface area (Å²) in [4.78, 5) is 4.54. The van der Waals surface area contributed by atoms with E-state index in [0.29, 0.717) is 0 Å². The van der Waals surface area contributed by atoms with E-state index in [-0.39, 0.29) is 6.10 Å². The number of hydrogen-bond acceptors (Lipinski definition) is 2. The summed E-state index contributed by atoms with van der Waals surface area (Å²) in [5.74, 6) is 0. The Morgan fingerprint density at radius 2 is 2.00 bits per heavy atom. The molecule has 1 aromatic carbocycles. The number of fused-ring (bicyclic) bond motifs is 1. The molecule has 0 spiro atoms. The summed E-state index contributed by atoms with van der Waals surface area (Å²) >= 11 is 0. The van der Waals surface area contributed by atoms with Crippen LogP contribution in [0.2, 0.25) is 0 Å². The third-order valence-electron chi connectivity index (χ3n) is 3.30. The van der Waals surface area contributed by atoms with E-state index in [1.54, 1.807) is 0 Å². The van der Waals surface area contributed by atoms with E-state index in [1.165, 1.54) is 10.9 Å². The Kier molecular flexibility index (Phi) is 4.32. The van der Waals surface area contributed by atoms with Crippen LogP contribution in [0.4, 0.5) is 0 Å². The van der Waals surface area contributed by atoms with Crippen LogP contribution in [-0.2, 0) is 6.42 Å². The number of nitrogens with zero attached hydrogens (tertiary/aromatic N) is 1. The number of para-hydroxylation sites is 1. The summed E-state index contributed by atoms with van der Waals surface area (Å²) in [7, 11) is 0. The average molecular weight is 243 g/mol. The molecule has 18 heavy (non-hydrogen) atoms. The third-order valence-corrected chi connectivity index (χ3v) is 3.30. The minimum Gasteiger partial charge on any atom is -0.393 e. The van der Waals surface area contributed by atoms with Crippen molar-refractivity contribution in [2.75, 3.05) is 0 Å². The maximum Gasteiger partial charge on any atom is 0.0707 e. The second-order valence-electron chi connectivity index (χ2n) is 4.92. The second-order valence-corrected chi connectivity index (χ2v) is 4.92. The number of rotatable bonds is 5. The zero-order valence-corrected chi connectivity index (χ0v) is 11.2. The van der Waals surface area contributed by atoms with Crippen molar-refractivity contribution >= 4 is 10.9 Å². The Balaban J connectivity index is 2.21. The third kappa shape index (κ3) is 3.08. The molecule has 2 nitrogen and oxygen atoms in total. The highest BCUT2D eigenvalue weighted by atomic mass is 16.3. The summed E-state index contributed by atoms with van der Waals surface area (Å²) in [5.41, 5.74) is 3.40. The van der Waals surface area contributed by atoms with Crippen molar-refractivity contribution in [1.29, 1.82) is 0 Å². The Morgan fingerprint density at radius 1 is 1.22 bits per heavy atom. The van der Waals surface area contributed by atoms with E-state index in [9.17, 15) is 5.11 Å². The van der Waals surface area contributed by atoms with Gasteiger partial charge in [0, 0.05) is 11.1 Å². The van der Waals surface area contributed by atoms with Crippen LogP contribution < -0.4 is 0 Å². The molecule has 1 aromatic heterocycles. The van der Waals surface area contributed by atoms with Crippen LogP contribution in [0.25, 0.3) is 10.9 Å². The lowest BCUT2D eigenvalue weighted by Crippen LogP contribution is -2.07. The van der Waals surface area contributed by atoms with Gasteiger partial charge in [0.15, 0.2) is 0 Å². The fourth-order valence-electron chi connectivity index (χ4n) is 2.40. The number of aromatic nitrogens is 1. The molecule has 0 aliphatic rings. The van der Waals surface area contributed by atoms with Crippen LogP contribution >= 0.6 is 0 Å². The molecule has 0 fully saturated rings. The molecule has 0 saturated carbocycles. The van der Waals surface area contributed by atoms with Crippen LogP contribution in [0.5, 0.6) is 0 Å². The number of aliphatic hydroxyl groups is 1. The Hall–Kier alpha value is -1.41. The van der Waals surface area contributed by atoms with Gasteiger partial charge >= 0.3 is 0 Å². The molecule has 96 valence electrons. The van der Waals surface area contributed by atoms with Gasteiger partial charge in [-0.2, -0.15) is 0 Å². The van der Waals surface area contributed by atoms with E-state index in [0.717, 1.165) is 36.9 Å². The highest BCUT2D eigenvalue weighted by Gasteiger charge is 2.07. The quantitative estimate of drug-likeness (QED) is 0.869. The topological polar surface area (TPSA) is 33.1 Å². The van der Waals surface area contributed by atoms with Crippen molar-refractivity contribution in [1.82, 2.24) is 4.98 Å². The van der Waals surface area contributed by atoms with Gasteiger partial charge in [0.05, 0.1) is 11.6 Å². The van der Waals surface area contributed by atoms with Gasteiger partial charge in [0.2, 0.25) is 0 Å². The van der Waals surface area contributed by atoms with Gasteiger partial charge < -0.3 is 5.11 Å². The standard InChI is InChI=1S/C16H21NO/c1-3-6-14(18)10-9-13-11-12(2)17-16-8-5-4-7-15(13)16/h4-5,7-8,11,14,18H,3,6,9-10H2,1-2H3. The van der Waals surface area contributed by atoms with E-state index in [1.807, 2.05) is 25.1 Å². The molecule has 0 radical (unpaired) electrons. The predicted octanol–water partition coefficient (Wildman–Crippen LogP) is 3.64. The predicted molar refractivity (Wildman–Crippen MR) is 75.7 cm³/mol. The van der Waals surface area contributed by atoms with Gasteiger partial charge in [0.25, 0.3) is 0 Å². The van der Waals surface area contributed by atoms with Crippen molar-refractivity contribution in [2.45, 2.75) is 45.6 Å². The van der Waals surface area contributed by atoms with E-state index in [4.69, 9.17) is 0 Å². The molecule has 0 aliphatic heterocycles. The van der Waals surface area contributed by atoms with Gasteiger partial charge in [0.1, 0.15) is 0 Å². The maximum absolute atomic E-state index is 9.84. The molecule has 0 aliphatic carbocycles. The van der Waals surface area contributed by atoms with E-state index < -0.39 is 0 Å². The molecule has 0 amide bonds. The van der Waals surface area contributed by atoms with Crippen LogP contribution in [0.1, 0.15) is 37.4 Å². The lowest BCUT2D eigenvalue weighted by molar-refractivity contribution is 0.154. The molecule has 1 unspecified atom stereocenters. The molecule has 2 rings (SSSR count). The van der Waals surface area contributed by atoms with Gasteiger partial charge in [-0.1, -0.05) is 31.5 Å². The number of hydrogen-bond donors (Lipinski definition) is 1. The Bertz CT molecular complexity index is 521. The van der Waals surface area contributed by atoms with Gasteiger partial charge in [-0.25, -0.2) is 0 Å². The van der Waals surface area contributed by atoms with Gasteiger partial charge in [-0.15, -0.1) is 0 Å². The largest absolute Gasteiger partial charge is 0.393 e. The zero-order chi connectivity index (χ0) is 13.0. The van der Waals surface area contributed by atoms with Crippen molar-refractivity contribution < 1.29 is 5.11 Å². The minimum absolute atomic E-state index is 0.178. The normalized spacial score (nSPS) is 12.8. The summed E-state index contributed by atoms with van der Waals surface area (Å²) < 4.78 is 0. The molecule has 2 heteroatoms. The van der Waals surface area contributed by atoms with Crippen LogP contribution in [0, 0.1) is 6.92 Å². The second kappa shape index (κ2) is 5.96. The molecular formula is C16H21NO. The number of aliphatic hydroxyl groups excluding tert-OH is 1. The van der Waals surface area contributed by atoms with Crippen molar-refractivity contribution in [3.8, 4) is 0 Å². The minimum atomic E-state index is -0.178. The van der Waals surface area contributed by atoms with Crippen LogP contribution in [0.3, 0.4) is 0 Å². The van der Waals surface area contributed by atoms with Crippen LogP contribution in [0.15, 0.2) is 30.3 Å². The monoisotopic (exact) mass is 243 g/mol. The van der Waals surface area contributed by atoms with Crippen LogP contribution in [-0.4, -0.2) is 16.2 Å². The SMILES string of the molecule is CCCC(O)CCc1cc(C)nc2ccccc12. The van der Waals surface area contributed by atoms with Gasteiger partial charge in [-0.3, -0.25) is 4.98 Å². The Labute approximate surface area is 109 Å². The molecule has 2 aromatic rings. The fraction of sp³-hybridized carbons (Fsp3) is 0.438. The van der Waals surface area contributed by atoms with E-state index >= 15 is 0 Å². The highest BCUT2D eigenvalue weighted by molar-refractivity contribution is 5.82. The lowest BCUT2D eigenvalue weighted by Gasteiger charge is -2.11. The van der Waals surface area contributed by atoms with Crippen molar-refractivity contribution in [2.24, 2.45) is 0 Å². The number of benzene rings is 1. The highest BCUT2D eigenvalue weighted by Crippen LogP contribution is 2.20. The Morgan fingerprint density at radius 3 is 2.78 bits per heavy atom. The summed E-state index contributed by atoms with van der Waals surface area (Å²) in [5, 5.41) is 11.1. The maximum atomic E-state index is 9.84. The summed E-state index contributed by atoms with van der Waals surface area (Å²) in [6, 6.07) is 10.4. The lowest BCUT2D eigenvalue weighted by atomic mass is 10.00. The number of pyridine rings is 1. The first kappa shape index (κ1) is 13.0. The first-order chi connectivity index (χ1) is 8.70. The number of aryl methyl sites for hydroxylation is 2. The summed E-state index contributed by atoms with van der Waals surface area (Å²) in [6.45, 7) is 4.13. The first-order valence-electron chi connectivity index (χ1n) is 6.74. The van der Waals surface area contributed by atoms with Gasteiger partial charge in [-0.05, 0) is 43.9 Å². The van der Waals surface area contributed by atoms with E-state index in [2.05, 4.69) is 24.0 Å². The summed E-state index contributed by atoms with van der Waals surface area (Å²) in [6.07, 6.45) is 3.51. The molecule has 0 bridgehead atoms. The fourth-order valence-corrected chi connectivity index (χ4v) is 2.40.